The van der Waals surface area contributed by atoms with Crippen LogP contribution in [0, 0.1) is 5.92 Å². The van der Waals surface area contributed by atoms with Gasteiger partial charge in [-0.15, -0.1) is 0 Å². The Kier molecular flexibility index (Phi) is 4.57. The number of hydrazine groups is 1. The Morgan fingerprint density at radius 3 is 2.62 bits per heavy atom. The first-order valence-corrected chi connectivity index (χ1v) is 9.19. The molecule has 2 aliphatic heterocycles. The molecule has 1 aromatic rings. The Labute approximate surface area is 143 Å². The number of benzene rings is 1. The SMILES string of the molecule is O=C(NCC1(c2ccccc2)CCOCC1)C1CC(C2CC2)NN1. The molecule has 5 heteroatoms. The second-order valence-corrected chi connectivity index (χ2v) is 7.50. The minimum absolute atomic E-state index is 0.00288. The predicted octanol–water partition coefficient (Wildman–Crippen LogP) is 1.50. The zero-order valence-corrected chi connectivity index (χ0v) is 14.1. The molecule has 0 radical (unpaired) electrons. The molecule has 2 saturated heterocycles. The summed E-state index contributed by atoms with van der Waals surface area (Å²) in [4.78, 5) is 12.6. The molecule has 1 aromatic carbocycles. The van der Waals surface area contributed by atoms with Gasteiger partial charge in [-0.1, -0.05) is 30.3 Å². The number of carbonyl (C=O) groups excluding carboxylic acids is 1. The van der Waals surface area contributed by atoms with Crippen molar-refractivity contribution in [2.75, 3.05) is 19.8 Å². The molecule has 24 heavy (non-hydrogen) atoms. The summed E-state index contributed by atoms with van der Waals surface area (Å²) in [7, 11) is 0. The topological polar surface area (TPSA) is 62.4 Å². The van der Waals surface area contributed by atoms with Gasteiger partial charge in [0.1, 0.15) is 6.04 Å². The highest BCUT2D eigenvalue weighted by Gasteiger charge is 2.40. The van der Waals surface area contributed by atoms with Crippen molar-refractivity contribution in [2.45, 2.75) is 49.6 Å². The van der Waals surface area contributed by atoms with Gasteiger partial charge < -0.3 is 10.1 Å². The first-order valence-electron chi connectivity index (χ1n) is 9.19. The smallest absolute Gasteiger partial charge is 0.238 e. The number of hydrogen-bond donors (Lipinski definition) is 3. The molecule has 3 N–H and O–H groups in total. The van der Waals surface area contributed by atoms with E-state index in [1.807, 2.05) is 6.07 Å². The Bertz CT molecular complexity index is 567. The number of hydrogen-bond acceptors (Lipinski definition) is 4. The highest BCUT2D eigenvalue weighted by molar-refractivity contribution is 5.82. The van der Waals surface area contributed by atoms with Gasteiger partial charge in [-0.2, -0.15) is 0 Å². The van der Waals surface area contributed by atoms with Crippen LogP contribution in [0.4, 0.5) is 0 Å². The second-order valence-electron chi connectivity index (χ2n) is 7.50. The average molecular weight is 329 g/mol. The highest BCUT2D eigenvalue weighted by Crippen LogP contribution is 2.36. The largest absolute Gasteiger partial charge is 0.381 e. The molecule has 1 saturated carbocycles. The molecule has 2 unspecified atom stereocenters. The first kappa shape index (κ1) is 16.1. The fourth-order valence-corrected chi connectivity index (χ4v) is 4.06. The Morgan fingerprint density at radius 1 is 1.17 bits per heavy atom. The van der Waals surface area contributed by atoms with E-state index >= 15 is 0 Å². The van der Waals surface area contributed by atoms with Crippen molar-refractivity contribution in [2.24, 2.45) is 5.92 Å². The van der Waals surface area contributed by atoms with Crippen LogP contribution in [0.1, 0.15) is 37.7 Å². The van der Waals surface area contributed by atoms with E-state index in [0.29, 0.717) is 12.6 Å². The summed E-state index contributed by atoms with van der Waals surface area (Å²) in [5, 5.41) is 3.22. The van der Waals surface area contributed by atoms with Gasteiger partial charge in [0, 0.05) is 31.2 Å². The molecule has 0 spiro atoms. The molecule has 3 aliphatic rings. The summed E-state index contributed by atoms with van der Waals surface area (Å²) in [6, 6.07) is 10.9. The molecule has 0 bridgehead atoms. The average Bonchev–Trinajstić information content (AvgIpc) is 3.38. The number of carbonyl (C=O) groups is 1. The molecule has 3 fully saturated rings. The first-order chi connectivity index (χ1) is 11.8. The van der Waals surface area contributed by atoms with Crippen LogP contribution in [-0.4, -0.2) is 37.7 Å². The highest BCUT2D eigenvalue weighted by atomic mass is 16.5. The van der Waals surface area contributed by atoms with Crippen LogP contribution in [0.5, 0.6) is 0 Å². The lowest BCUT2D eigenvalue weighted by Crippen LogP contribution is -2.49. The zero-order valence-electron chi connectivity index (χ0n) is 14.1. The van der Waals surface area contributed by atoms with Crippen LogP contribution in [0.15, 0.2) is 30.3 Å². The zero-order chi connectivity index (χ0) is 16.4. The maximum absolute atomic E-state index is 12.6. The van der Waals surface area contributed by atoms with Crippen molar-refractivity contribution in [1.82, 2.24) is 16.2 Å². The van der Waals surface area contributed by atoms with Gasteiger partial charge in [-0.25, -0.2) is 5.43 Å². The second kappa shape index (κ2) is 6.82. The van der Waals surface area contributed by atoms with E-state index in [2.05, 4.69) is 40.4 Å². The summed E-state index contributed by atoms with van der Waals surface area (Å²) < 4.78 is 5.57. The Hall–Kier alpha value is -1.43. The minimum Gasteiger partial charge on any atom is -0.381 e. The van der Waals surface area contributed by atoms with E-state index in [-0.39, 0.29) is 17.4 Å². The van der Waals surface area contributed by atoms with E-state index in [1.54, 1.807) is 0 Å². The monoisotopic (exact) mass is 329 g/mol. The van der Waals surface area contributed by atoms with Crippen LogP contribution in [0.2, 0.25) is 0 Å². The third-order valence-corrected chi connectivity index (χ3v) is 5.88. The quantitative estimate of drug-likeness (QED) is 0.766. The van der Waals surface area contributed by atoms with E-state index in [4.69, 9.17) is 4.74 Å². The lowest BCUT2D eigenvalue weighted by Gasteiger charge is -2.38. The van der Waals surface area contributed by atoms with Crippen molar-refractivity contribution < 1.29 is 9.53 Å². The van der Waals surface area contributed by atoms with E-state index < -0.39 is 0 Å². The summed E-state index contributed by atoms with van der Waals surface area (Å²) >= 11 is 0. The predicted molar refractivity (Wildman–Crippen MR) is 92.4 cm³/mol. The lowest BCUT2D eigenvalue weighted by atomic mass is 9.74. The van der Waals surface area contributed by atoms with Crippen LogP contribution in [0.25, 0.3) is 0 Å². The van der Waals surface area contributed by atoms with Crippen molar-refractivity contribution in [3.05, 3.63) is 35.9 Å². The number of nitrogens with one attached hydrogen (secondary N) is 3. The van der Waals surface area contributed by atoms with Gasteiger partial charge in [-0.05, 0) is 43.6 Å². The van der Waals surface area contributed by atoms with E-state index in [0.717, 1.165) is 38.4 Å². The fourth-order valence-electron chi connectivity index (χ4n) is 4.06. The van der Waals surface area contributed by atoms with Gasteiger partial charge in [-0.3, -0.25) is 10.2 Å². The summed E-state index contributed by atoms with van der Waals surface area (Å²) in [6.45, 7) is 2.21. The maximum Gasteiger partial charge on any atom is 0.238 e. The standard InChI is InChI=1S/C19H27N3O2/c23-18(17-12-16(21-22-17)14-6-7-14)20-13-19(8-10-24-11-9-19)15-4-2-1-3-5-15/h1-5,14,16-17,21-22H,6-13H2,(H,20,23). The van der Waals surface area contributed by atoms with Gasteiger partial charge in [0.25, 0.3) is 0 Å². The molecule has 2 heterocycles. The van der Waals surface area contributed by atoms with Crippen LogP contribution < -0.4 is 16.2 Å². The molecule has 0 aromatic heterocycles. The van der Waals surface area contributed by atoms with Gasteiger partial charge >= 0.3 is 0 Å². The van der Waals surface area contributed by atoms with E-state index in [1.165, 1.54) is 18.4 Å². The summed E-state index contributed by atoms with van der Waals surface area (Å²) in [5.41, 5.74) is 7.78. The normalized spacial score (nSPS) is 29.3. The van der Waals surface area contributed by atoms with Crippen LogP contribution in [0.3, 0.4) is 0 Å². The van der Waals surface area contributed by atoms with Gasteiger partial charge in [0.2, 0.25) is 5.91 Å². The molecule has 1 aliphatic carbocycles. The molecule has 130 valence electrons. The van der Waals surface area contributed by atoms with Gasteiger partial charge in [0.15, 0.2) is 0 Å². The van der Waals surface area contributed by atoms with Crippen molar-refractivity contribution in [3.8, 4) is 0 Å². The molecule has 4 rings (SSSR count). The van der Waals surface area contributed by atoms with Crippen molar-refractivity contribution in [3.63, 3.8) is 0 Å². The maximum atomic E-state index is 12.6. The summed E-state index contributed by atoms with van der Waals surface area (Å²) in [6.07, 6.45) is 5.41. The summed E-state index contributed by atoms with van der Waals surface area (Å²) in [5.74, 6) is 0.883. The van der Waals surface area contributed by atoms with Crippen LogP contribution >= 0.6 is 0 Å². The third kappa shape index (κ3) is 3.34. The fraction of sp³-hybridized carbons (Fsp3) is 0.632. The Balaban J connectivity index is 1.39. The molecule has 5 nitrogen and oxygen atoms in total. The van der Waals surface area contributed by atoms with Crippen LogP contribution in [-0.2, 0) is 14.9 Å². The number of ether oxygens (including phenoxy) is 1. The molecular weight excluding hydrogens is 302 g/mol. The lowest BCUT2D eigenvalue weighted by molar-refractivity contribution is -0.123. The Morgan fingerprint density at radius 2 is 1.92 bits per heavy atom. The molecule has 2 atom stereocenters. The molecular formula is C19H27N3O2. The minimum atomic E-state index is -0.108. The van der Waals surface area contributed by atoms with E-state index in [9.17, 15) is 4.79 Å². The van der Waals surface area contributed by atoms with Gasteiger partial charge in [0.05, 0.1) is 0 Å². The number of amides is 1. The third-order valence-electron chi connectivity index (χ3n) is 5.88. The van der Waals surface area contributed by atoms with Crippen molar-refractivity contribution >= 4 is 5.91 Å². The van der Waals surface area contributed by atoms with Crippen molar-refractivity contribution in [1.29, 1.82) is 0 Å². The molecule has 1 amide bonds. The number of rotatable bonds is 5.